The zero-order chi connectivity index (χ0) is 17.1. The number of aryl methyl sites for hydroxylation is 2. The second-order valence-electron chi connectivity index (χ2n) is 6.20. The first-order chi connectivity index (χ1) is 10.8. The molecule has 1 aliphatic rings. The minimum Gasteiger partial charge on any atom is -0.365 e. The number of carbonyl (C=O) groups is 2. The summed E-state index contributed by atoms with van der Waals surface area (Å²) in [7, 11) is 3.38. The van der Waals surface area contributed by atoms with Crippen LogP contribution in [0.3, 0.4) is 0 Å². The van der Waals surface area contributed by atoms with E-state index in [1.165, 1.54) is 10.5 Å². The lowest BCUT2D eigenvalue weighted by atomic mass is 10.2. The molecule has 1 aromatic heterocycles. The van der Waals surface area contributed by atoms with Crippen molar-refractivity contribution in [3.63, 3.8) is 0 Å². The van der Waals surface area contributed by atoms with Crippen molar-refractivity contribution in [2.75, 3.05) is 33.8 Å². The van der Waals surface area contributed by atoms with Crippen LogP contribution >= 0.6 is 0 Å². The predicted octanol–water partition coefficient (Wildman–Crippen LogP) is 0.514. The molecule has 0 saturated carbocycles. The number of amides is 2. The zero-order valence-corrected chi connectivity index (χ0v) is 14.6. The molecule has 23 heavy (non-hydrogen) atoms. The van der Waals surface area contributed by atoms with Crippen molar-refractivity contribution in [2.45, 2.75) is 39.8 Å². The van der Waals surface area contributed by atoms with Crippen molar-refractivity contribution in [1.29, 1.82) is 0 Å². The molecular weight excluding hydrogens is 296 g/mol. The van der Waals surface area contributed by atoms with E-state index in [0.717, 1.165) is 11.4 Å². The maximum atomic E-state index is 12.4. The Balaban J connectivity index is 1.92. The Hall–Kier alpha value is -1.89. The van der Waals surface area contributed by atoms with Gasteiger partial charge in [0.05, 0.1) is 18.8 Å². The molecule has 2 heterocycles. The van der Waals surface area contributed by atoms with Crippen LogP contribution in [0.5, 0.6) is 0 Å². The summed E-state index contributed by atoms with van der Waals surface area (Å²) in [4.78, 5) is 27.6. The molecule has 0 N–H and O–H groups in total. The van der Waals surface area contributed by atoms with E-state index >= 15 is 0 Å². The summed E-state index contributed by atoms with van der Waals surface area (Å²) in [5.41, 5.74) is 3.26. The number of hydrogen-bond acceptors (Lipinski definition) is 4. The van der Waals surface area contributed by atoms with Crippen LogP contribution in [0.15, 0.2) is 0 Å². The van der Waals surface area contributed by atoms with Crippen LogP contribution in [-0.4, -0.2) is 71.3 Å². The second kappa shape index (κ2) is 7.12. The third-order valence-electron chi connectivity index (χ3n) is 4.42. The van der Waals surface area contributed by atoms with E-state index in [4.69, 9.17) is 4.74 Å². The van der Waals surface area contributed by atoms with Gasteiger partial charge in [0.2, 0.25) is 5.91 Å². The normalized spacial score (nSPS) is 18.1. The Morgan fingerprint density at radius 3 is 2.57 bits per heavy atom. The van der Waals surface area contributed by atoms with Gasteiger partial charge in [-0.25, -0.2) is 0 Å². The minimum atomic E-state index is -0.557. The molecule has 1 aliphatic heterocycles. The molecule has 0 unspecified atom stereocenters. The summed E-state index contributed by atoms with van der Waals surface area (Å²) in [6.45, 7) is 7.84. The van der Waals surface area contributed by atoms with Crippen LogP contribution in [0, 0.1) is 20.8 Å². The molecule has 1 aromatic rings. The highest BCUT2D eigenvalue weighted by atomic mass is 16.5. The Morgan fingerprint density at radius 1 is 1.30 bits per heavy atom. The van der Waals surface area contributed by atoms with Gasteiger partial charge in [-0.15, -0.1) is 0 Å². The lowest BCUT2D eigenvalue weighted by molar-refractivity contribution is -0.152. The number of likely N-dealkylation sites (N-methyl/N-ethyl adjacent to an activating group) is 1. The standard InChI is InChI=1S/C16H26N4O3/c1-11-12(2)17-20(13(11)3)7-6-15(21)19-8-9-23-14(10-19)16(22)18(4)5/h14H,6-10H2,1-5H3/t14-/m1/s1. The van der Waals surface area contributed by atoms with Gasteiger partial charge in [-0.2, -0.15) is 5.10 Å². The van der Waals surface area contributed by atoms with Gasteiger partial charge in [-0.1, -0.05) is 0 Å². The van der Waals surface area contributed by atoms with Gasteiger partial charge < -0.3 is 14.5 Å². The molecule has 0 bridgehead atoms. The number of morpholine rings is 1. The van der Waals surface area contributed by atoms with Crippen LogP contribution in [-0.2, 0) is 20.9 Å². The molecule has 0 radical (unpaired) electrons. The molecule has 128 valence electrons. The maximum Gasteiger partial charge on any atom is 0.253 e. The van der Waals surface area contributed by atoms with Gasteiger partial charge in [0.25, 0.3) is 5.91 Å². The van der Waals surface area contributed by atoms with E-state index in [9.17, 15) is 9.59 Å². The number of aromatic nitrogens is 2. The third kappa shape index (κ3) is 3.90. The quantitative estimate of drug-likeness (QED) is 0.810. The molecule has 1 fully saturated rings. The Kier molecular flexibility index (Phi) is 5.41. The SMILES string of the molecule is Cc1nn(CCC(=O)N2CCO[C@@H](C(=O)N(C)C)C2)c(C)c1C. The fraction of sp³-hybridized carbons (Fsp3) is 0.688. The van der Waals surface area contributed by atoms with Gasteiger partial charge in [0.1, 0.15) is 0 Å². The number of ether oxygens (including phenoxy) is 1. The van der Waals surface area contributed by atoms with E-state index in [1.807, 2.05) is 25.5 Å². The molecule has 0 aliphatic carbocycles. The molecule has 0 aromatic carbocycles. The van der Waals surface area contributed by atoms with Crippen molar-refractivity contribution in [1.82, 2.24) is 19.6 Å². The van der Waals surface area contributed by atoms with E-state index in [-0.39, 0.29) is 11.8 Å². The molecule has 7 heteroatoms. The van der Waals surface area contributed by atoms with Gasteiger partial charge in [0.15, 0.2) is 6.10 Å². The third-order valence-corrected chi connectivity index (χ3v) is 4.42. The van der Waals surface area contributed by atoms with Crippen molar-refractivity contribution in [2.24, 2.45) is 0 Å². The van der Waals surface area contributed by atoms with Crippen molar-refractivity contribution in [3.8, 4) is 0 Å². The molecule has 1 saturated heterocycles. The van der Waals surface area contributed by atoms with E-state index in [0.29, 0.717) is 32.7 Å². The highest BCUT2D eigenvalue weighted by Crippen LogP contribution is 2.13. The van der Waals surface area contributed by atoms with Crippen molar-refractivity contribution in [3.05, 3.63) is 17.0 Å². The fourth-order valence-corrected chi connectivity index (χ4v) is 2.68. The summed E-state index contributed by atoms with van der Waals surface area (Å²) in [6, 6.07) is 0. The van der Waals surface area contributed by atoms with E-state index in [2.05, 4.69) is 5.10 Å². The fourth-order valence-electron chi connectivity index (χ4n) is 2.68. The summed E-state index contributed by atoms with van der Waals surface area (Å²) in [5.74, 6) is -0.0632. The summed E-state index contributed by atoms with van der Waals surface area (Å²) in [5, 5.41) is 4.45. The van der Waals surface area contributed by atoms with Crippen LogP contribution < -0.4 is 0 Å². The van der Waals surface area contributed by atoms with E-state index < -0.39 is 6.10 Å². The van der Waals surface area contributed by atoms with Crippen molar-refractivity contribution >= 4 is 11.8 Å². The Morgan fingerprint density at radius 2 is 2.00 bits per heavy atom. The van der Waals surface area contributed by atoms with Crippen LogP contribution in [0.1, 0.15) is 23.4 Å². The minimum absolute atomic E-state index is 0.0371. The number of nitrogens with zero attached hydrogens (tertiary/aromatic N) is 4. The molecule has 0 spiro atoms. The highest BCUT2D eigenvalue weighted by molar-refractivity contribution is 5.82. The topological polar surface area (TPSA) is 67.7 Å². The first-order valence-electron chi connectivity index (χ1n) is 7.92. The summed E-state index contributed by atoms with van der Waals surface area (Å²) in [6.07, 6.45) is -0.178. The lowest BCUT2D eigenvalue weighted by Crippen LogP contribution is -2.51. The molecule has 2 amide bonds. The zero-order valence-electron chi connectivity index (χ0n) is 14.6. The summed E-state index contributed by atoms with van der Waals surface area (Å²) >= 11 is 0. The van der Waals surface area contributed by atoms with Gasteiger partial charge >= 0.3 is 0 Å². The van der Waals surface area contributed by atoms with Gasteiger partial charge in [-0.05, 0) is 26.3 Å². The molecule has 1 atom stereocenters. The van der Waals surface area contributed by atoms with Crippen LogP contribution in [0.2, 0.25) is 0 Å². The molecular formula is C16H26N4O3. The Labute approximate surface area is 137 Å². The van der Waals surface area contributed by atoms with E-state index in [1.54, 1.807) is 19.0 Å². The summed E-state index contributed by atoms with van der Waals surface area (Å²) < 4.78 is 7.36. The highest BCUT2D eigenvalue weighted by Gasteiger charge is 2.30. The smallest absolute Gasteiger partial charge is 0.253 e. The van der Waals surface area contributed by atoms with Crippen LogP contribution in [0.4, 0.5) is 0 Å². The first kappa shape index (κ1) is 17.5. The largest absolute Gasteiger partial charge is 0.365 e. The van der Waals surface area contributed by atoms with Gasteiger partial charge in [0, 0.05) is 39.3 Å². The Bertz CT molecular complexity index is 594. The first-order valence-corrected chi connectivity index (χ1v) is 7.92. The number of hydrogen-bond donors (Lipinski definition) is 0. The predicted molar refractivity (Wildman–Crippen MR) is 86.1 cm³/mol. The van der Waals surface area contributed by atoms with Crippen LogP contribution in [0.25, 0.3) is 0 Å². The second-order valence-corrected chi connectivity index (χ2v) is 6.20. The average molecular weight is 322 g/mol. The number of rotatable bonds is 4. The maximum absolute atomic E-state index is 12.4. The lowest BCUT2D eigenvalue weighted by Gasteiger charge is -2.33. The van der Waals surface area contributed by atoms with Crippen molar-refractivity contribution < 1.29 is 14.3 Å². The molecule has 2 rings (SSSR count). The van der Waals surface area contributed by atoms with Gasteiger partial charge in [-0.3, -0.25) is 14.3 Å². The average Bonchev–Trinajstić information content (AvgIpc) is 2.79. The number of carbonyl (C=O) groups excluding carboxylic acids is 2. The molecule has 7 nitrogen and oxygen atoms in total. The monoisotopic (exact) mass is 322 g/mol.